The summed E-state index contributed by atoms with van der Waals surface area (Å²) in [4.78, 5) is 10.6. The molecular weight excluding hydrogens is 301 g/mol. The Kier molecular flexibility index (Phi) is 4.41. The molecule has 0 saturated carbocycles. The van der Waals surface area contributed by atoms with Crippen molar-refractivity contribution in [2.24, 2.45) is 0 Å². The Hall–Kier alpha value is -1.76. The van der Waals surface area contributed by atoms with Crippen LogP contribution in [0.25, 0.3) is 0 Å². The number of carbonyl (C=O) groups excluding carboxylic acids is 1. The van der Waals surface area contributed by atoms with E-state index < -0.39 is 15.7 Å². The number of aldehydes is 1. The lowest BCUT2D eigenvalue weighted by atomic mass is 10.2. The summed E-state index contributed by atoms with van der Waals surface area (Å²) in [6.07, 6.45) is 3.17. The lowest BCUT2D eigenvalue weighted by molar-refractivity contribution is -0.0391. The van der Waals surface area contributed by atoms with Crippen molar-refractivity contribution < 1.29 is 18.0 Å². The maximum atomic E-state index is 13.5. The van der Waals surface area contributed by atoms with E-state index in [1.807, 2.05) is 6.07 Å². The van der Waals surface area contributed by atoms with Gasteiger partial charge in [0, 0.05) is 11.9 Å². The van der Waals surface area contributed by atoms with Gasteiger partial charge in [0.05, 0.1) is 0 Å². The molecule has 0 N–H and O–H groups in total. The molecule has 0 aliphatic heterocycles. The molecule has 0 fully saturated rings. The highest BCUT2D eigenvalue weighted by molar-refractivity contribution is 8.32. The van der Waals surface area contributed by atoms with Gasteiger partial charge in [0.1, 0.15) is 5.69 Å². The van der Waals surface area contributed by atoms with Gasteiger partial charge in [0.2, 0.25) is 0 Å². The fourth-order valence-corrected chi connectivity index (χ4v) is 3.75. The summed E-state index contributed by atoms with van der Waals surface area (Å²) in [5.74, 6) is -0.0690. The highest BCUT2D eigenvalue weighted by Crippen LogP contribution is 2.59. The minimum absolute atomic E-state index is 0.0117. The van der Waals surface area contributed by atoms with E-state index in [4.69, 9.17) is 0 Å². The Morgan fingerprint density at radius 3 is 2.43 bits per heavy atom. The number of aryl methyl sites for hydroxylation is 1. The SMILES string of the molecule is CS(CCc1ccccc1)(n1ccc(C=O)n1)C(F)(F)F. The standard InChI is InChI=1S/C14H15F3N2OS/c1-21(14(15,16)17,19-9-7-13(11-20)18-19)10-8-12-5-3-2-4-6-12/h2-7,9,11H,8,10H2,1H3. The van der Waals surface area contributed by atoms with Crippen LogP contribution in [-0.2, 0) is 6.42 Å². The quantitative estimate of drug-likeness (QED) is 0.789. The molecule has 1 heterocycles. The summed E-state index contributed by atoms with van der Waals surface area (Å²) in [6.45, 7) is 0. The second-order valence-electron chi connectivity index (χ2n) is 4.69. The zero-order chi connectivity index (χ0) is 15.5. The van der Waals surface area contributed by atoms with Crippen LogP contribution in [0.1, 0.15) is 16.1 Å². The topological polar surface area (TPSA) is 34.9 Å². The van der Waals surface area contributed by atoms with Crippen LogP contribution >= 0.6 is 10.2 Å². The first kappa shape index (κ1) is 15.6. The van der Waals surface area contributed by atoms with Gasteiger partial charge in [0.25, 0.3) is 0 Å². The number of benzene rings is 1. The Morgan fingerprint density at radius 2 is 1.90 bits per heavy atom. The van der Waals surface area contributed by atoms with Crippen LogP contribution in [0.5, 0.6) is 0 Å². The molecule has 1 atom stereocenters. The Morgan fingerprint density at radius 1 is 1.24 bits per heavy atom. The Balaban J connectivity index is 2.27. The molecule has 21 heavy (non-hydrogen) atoms. The number of carbonyl (C=O) groups is 1. The van der Waals surface area contributed by atoms with E-state index in [1.165, 1.54) is 18.5 Å². The van der Waals surface area contributed by atoms with Crippen LogP contribution in [0.2, 0.25) is 0 Å². The van der Waals surface area contributed by atoms with Gasteiger partial charge in [-0.1, -0.05) is 40.5 Å². The molecule has 0 radical (unpaired) electrons. The first-order valence-corrected chi connectivity index (χ1v) is 8.41. The number of halogens is 3. The number of alkyl halides is 3. The molecule has 1 unspecified atom stereocenters. The largest absolute Gasteiger partial charge is 0.443 e. The van der Waals surface area contributed by atoms with Crippen molar-refractivity contribution in [2.45, 2.75) is 11.9 Å². The van der Waals surface area contributed by atoms with Crippen LogP contribution in [0.3, 0.4) is 0 Å². The lowest BCUT2D eigenvalue weighted by Crippen LogP contribution is -2.29. The normalized spacial score (nSPS) is 16.2. The van der Waals surface area contributed by atoms with Crippen molar-refractivity contribution in [1.82, 2.24) is 9.19 Å². The zero-order valence-electron chi connectivity index (χ0n) is 11.4. The predicted octanol–water partition coefficient (Wildman–Crippen LogP) is 3.66. The maximum Gasteiger partial charge on any atom is 0.443 e. The van der Waals surface area contributed by atoms with Crippen molar-refractivity contribution in [3.05, 3.63) is 53.9 Å². The molecule has 0 aliphatic rings. The van der Waals surface area contributed by atoms with Gasteiger partial charge in [-0.2, -0.15) is 18.3 Å². The molecule has 1 aromatic heterocycles. The Bertz CT molecular complexity index is 612. The molecule has 0 bridgehead atoms. The third-order valence-corrected chi connectivity index (χ3v) is 6.28. The molecule has 2 rings (SSSR count). The van der Waals surface area contributed by atoms with Gasteiger partial charge < -0.3 is 0 Å². The molecule has 0 spiro atoms. The molecule has 114 valence electrons. The highest BCUT2D eigenvalue weighted by atomic mass is 32.3. The maximum absolute atomic E-state index is 13.5. The molecular formula is C14H15F3N2OS. The van der Waals surface area contributed by atoms with Crippen LogP contribution in [-0.4, -0.2) is 33.0 Å². The minimum atomic E-state index is -4.38. The van der Waals surface area contributed by atoms with E-state index in [1.54, 1.807) is 24.3 Å². The molecule has 1 aromatic carbocycles. The summed E-state index contributed by atoms with van der Waals surface area (Å²) in [5.41, 5.74) is -3.52. The smallest absolute Gasteiger partial charge is 0.296 e. The van der Waals surface area contributed by atoms with Crippen LogP contribution in [0.4, 0.5) is 13.2 Å². The second kappa shape index (κ2) is 5.93. The summed E-state index contributed by atoms with van der Waals surface area (Å²) in [7, 11) is -3.17. The second-order valence-corrected chi connectivity index (χ2v) is 8.01. The number of hydrogen-bond donors (Lipinski definition) is 0. The van der Waals surface area contributed by atoms with E-state index in [-0.39, 0.29) is 11.4 Å². The number of hydrogen-bond acceptors (Lipinski definition) is 2. The van der Waals surface area contributed by atoms with Crippen molar-refractivity contribution in [2.75, 3.05) is 12.0 Å². The summed E-state index contributed by atoms with van der Waals surface area (Å²) in [6, 6.07) is 10.3. The van der Waals surface area contributed by atoms with Crippen molar-refractivity contribution in [1.29, 1.82) is 0 Å². The molecule has 3 nitrogen and oxygen atoms in total. The van der Waals surface area contributed by atoms with Crippen LogP contribution in [0.15, 0.2) is 42.6 Å². The number of nitrogens with zero attached hydrogens (tertiary/aromatic N) is 2. The molecule has 0 amide bonds. The molecule has 0 saturated heterocycles. The Labute approximate surface area is 122 Å². The number of rotatable bonds is 5. The van der Waals surface area contributed by atoms with Gasteiger partial charge in [-0.3, -0.25) is 4.79 Å². The summed E-state index contributed by atoms with van der Waals surface area (Å²) >= 11 is 0. The predicted molar refractivity (Wildman–Crippen MR) is 77.6 cm³/mol. The van der Waals surface area contributed by atoms with E-state index in [0.29, 0.717) is 12.7 Å². The van der Waals surface area contributed by atoms with E-state index in [9.17, 15) is 18.0 Å². The van der Waals surface area contributed by atoms with Crippen LogP contribution < -0.4 is 0 Å². The van der Waals surface area contributed by atoms with E-state index in [2.05, 4.69) is 5.10 Å². The molecule has 0 aliphatic carbocycles. The van der Waals surface area contributed by atoms with Gasteiger partial charge >= 0.3 is 5.51 Å². The average Bonchev–Trinajstić information content (AvgIpc) is 2.94. The highest BCUT2D eigenvalue weighted by Gasteiger charge is 2.48. The fraction of sp³-hybridized carbons (Fsp3) is 0.286. The molecule has 7 heteroatoms. The van der Waals surface area contributed by atoms with Crippen molar-refractivity contribution in [3.63, 3.8) is 0 Å². The molecule has 2 aromatic rings. The zero-order valence-corrected chi connectivity index (χ0v) is 12.2. The lowest BCUT2D eigenvalue weighted by Gasteiger charge is -2.37. The van der Waals surface area contributed by atoms with Crippen molar-refractivity contribution in [3.8, 4) is 0 Å². The van der Waals surface area contributed by atoms with E-state index in [0.717, 1.165) is 9.65 Å². The van der Waals surface area contributed by atoms with E-state index >= 15 is 0 Å². The summed E-state index contributed by atoms with van der Waals surface area (Å²) < 4.78 is 41.4. The average molecular weight is 316 g/mol. The van der Waals surface area contributed by atoms with Gasteiger partial charge in [-0.15, -0.1) is 0 Å². The van der Waals surface area contributed by atoms with Crippen LogP contribution in [0, 0.1) is 0 Å². The van der Waals surface area contributed by atoms with Gasteiger partial charge in [-0.05, 0) is 24.3 Å². The fourth-order valence-electron chi connectivity index (χ4n) is 1.88. The summed E-state index contributed by atoms with van der Waals surface area (Å²) in [5, 5.41) is 3.75. The van der Waals surface area contributed by atoms with Crippen molar-refractivity contribution >= 4 is 16.5 Å². The monoisotopic (exact) mass is 316 g/mol. The third-order valence-electron chi connectivity index (χ3n) is 3.25. The van der Waals surface area contributed by atoms with Gasteiger partial charge in [0.15, 0.2) is 6.29 Å². The number of aromatic nitrogens is 2. The minimum Gasteiger partial charge on any atom is -0.296 e. The first-order valence-electron chi connectivity index (χ1n) is 6.24. The third kappa shape index (κ3) is 3.29. The van der Waals surface area contributed by atoms with Gasteiger partial charge in [-0.25, -0.2) is 4.09 Å². The first-order chi connectivity index (χ1) is 9.87.